The Bertz CT molecular complexity index is 792. The van der Waals surface area contributed by atoms with Crippen LogP contribution in [0.1, 0.15) is 39.5 Å². The summed E-state index contributed by atoms with van der Waals surface area (Å²) < 4.78 is 38.9. The standard InChI is InChI=1S/C18H17F3N2O2/c1-11-5-13(9-22-8-11)17(25)23-10-15(24)7-16(23)12-3-2-4-14(6-12)18(19,20)21/h2-6,8-9,15-16,24H,7,10H2,1H3/t15-,16-/m0/s1. The van der Waals surface area contributed by atoms with Crippen LogP contribution in [0.15, 0.2) is 42.7 Å². The summed E-state index contributed by atoms with van der Waals surface area (Å²) in [4.78, 5) is 18.2. The molecular formula is C18H17F3N2O2. The number of aliphatic hydroxyl groups excluding tert-OH is 1. The molecule has 0 radical (unpaired) electrons. The second kappa shape index (κ2) is 6.48. The minimum Gasteiger partial charge on any atom is -0.391 e. The van der Waals surface area contributed by atoms with Crippen LogP contribution >= 0.6 is 0 Å². The number of nitrogens with zero attached hydrogens (tertiary/aromatic N) is 2. The van der Waals surface area contributed by atoms with Crippen molar-refractivity contribution in [2.45, 2.75) is 31.7 Å². The fraction of sp³-hybridized carbons (Fsp3) is 0.333. The Kier molecular flexibility index (Phi) is 4.51. The first-order valence-corrected chi connectivity index (χ1v) is 7.83. The summed E-state index contributed by atoms with van der Waals surface area (Å²) in [6.45, 7) is 1.88. The van der Waals surface area contributed by atoms with Crippen LogP contribution in [-0.4, -0.2) is 33.5 Å². The molecule has 2 aromatic rings. The average molecular weight is 350 g/mol. The van der Waals surface area contributed by atoms with E-state index in [1.807, 2.05) is 0 Å². The van der Waals surface area contributed by atoms with Crippen molar-refractivity contribution in [3.8, 4) is 0 Å². The molecule has 3 rings (SSSR count). The SMILES string of the molecule is Cc1cncc(C(=O)N2C[C@@H](O)C[C@H]2c2cccc(C(F)(F)F)c2)c1. The second-order valence-corrected chi connectivity index (χ2v) is 6.24. The summed E-state index contributed by atoms with van der Waals surface area (Å²) in [6, 6.07) is 5.96. The number of carbonyl (C=O) groups excluding carboxylic acids is 1. The molecule has 0 aliphatic carbocycles. The molecule has 1 aliphatic heterocycles. The van der Waals surface area contributed by atoms with Crippen molar-refractivity contribution in [2.24, 2.45) is 0 Å². The molecule has 0 spiro atoms. The highest BCUT2D eigenvalue weighted by Gasteiger charge is 2.37. The summed E-state index contributed by atoms with van der Waals surface area (Å²) in [6.07, 6.45) is -2.00. The third-order valence-electron chi connectivity index (χ3n) is 4.26. The van der Waals surface area contributed by atoms with E-state index >= 15 is 0 Å². The van der Waals surface area contributed by atoms with Crippen LogP contribution in [0.2, 0.25) is 0 Å². The molecule has 1 N–H and O–H groups in total. The van der Waals surface area contributed by atoms with E-state index in [9.17, 15) is 23.1 Å². The molecule has 2 heterocycles. The largest absolute Gasteiger partial charge is 0.416 e. The van der Waals surface area contributed by atoms with E-state index in [4.69, 9.17) is 0 Å². The summed E-state index contributed by atoms with van der Waals surface area (Å²) in [5, 5.41) is 9.98. The van der Waals surface area contributed by atoms with Crippen molar-refractivity contribution >= 4 is 5.91 Å². The van der Waals surface area contributed by atoms with Gasteiger partial charge in [-0.2, -0.15) is 13.2 Å². The Morgan fingerprint density at radius 1 is 1.28 bits per heavy atom. The van der Waals surface area contributed by atoms with E-state index in [1.165, 1.54) is 17.2 Å². The minimum absolute atomic E-state index is 0.0771. The lowest BCUT2D eigenvalue weighted by Crippen LogP contribution is -2.32. The number of hydrogen-bond acceptors (Lipinski definition) is 3. The molecule has 4 nitrogen and oxygen atoms in total. The van der Waals surface area contributed by atoms with Gasteiger partial charge >= 0.3 is 6.18 Å². The first kappa shape index (κ1) is 17.4. The molecule has 1 saturated heterocycles. The van der Waals surface area contributed by atoms with Crippen LogP contribution in [0.25, 0.3) is 0 Å². The van der Waals surface area contributed by atoms with Crippen LogP contribution in [0.3, 0.4) is 0 Å². The highest BCUT2D eigenvalue weighted by atomic mass is 19.4. The van der Waals surface area contributed by atoms with Gasteiger partial charge in [-0.1, -0.05) is 12.1 Å². The number of carbonyl (C=O) groups is 1. The summed E-state index contributed by atoms with van der Waals surface area (Å²) in [5.41, 5.74) is 0.753. The Morgan fingerprint density at radius 2 is 2.04 bits per heavy atom. The van der Waals surface area contributed by atoms with Crippen LogP contribution in [0.4, 0.5) is 13.2 Å². The van der Waals surface area contributed by atoms with Crippen LogP contribution in [-0.2, 0) is 6.18 Å². The number of aryl methyl sites for hydroxylation is 1. The van der Waals surface area contributed by atoms with Gasteiger partial charge in [-0.15, -0.1) is 0 Å². The zero-order valence-corrected chi connectivity index (χ0v) is 13.5. The number of hydrogen-bond donors (Lipinski definition) is 1. The molecule has 132 valence electrons. The van der Waals surface area contributed by atoms with E-state index in [1.54, 1.807) is 25.3 Å². The molecule has 2 atom stereocenters. The molecule has 1 amide bonds. The number of pyridine rings is 1. The molecule has 25 heavy (non-hydrogen) atoms. The van der Waals surface area contributed by atoms with Crippen molar-refractivity contribution in [1.82, 2.24) is 9.88 Å². The number of halogens is 3. The first-order valence-electron chi connectivity index (χ1n) is 7.83. The number of likely N-dealkylation sites (tertiary alicyclic amines) is 1. The minimum atomic E-state index is -4.46. The number of β-amino-alcohol motifs (C(OH)–C–C–N with tert-alkyl or cyclic N) is 1. The topological polar surface area (TPSA) is 53.4 Å². The Hall–Kier alpha value is -2.41. The third-order valence-corrected chi connectivity index (χ3v) is 4.26. The molecule has 1 aliphatic rings. The normalized spacial score (nSPS) is 20.8. The van der Waals surface area contributed by atoms with Gasteiger partial charge in [-0.25, -0.2) is 0 Å². The lowest BCUT2D eigenvalue weighted by atomic mass is 10.0. The van der Waals surface area contributed by atoms with E-state index in [2.05, 4.69) is 4.98 Å². The van der Waals surface area contributed by atoms with Gasteiger partial charge < -0.3 is 10.0 Å². The van der Waals surface area contributed by atoms with E-state index in [0.717, 1.165) is 17.7 Å². The number of benzene rings is 1. The third kappa shape index (κ3) is 3.66. The lowest BCUT2D eigenvalue weighted by Gasteiger charge is -2.25. The van der Waals surface area contributed by atoms with Crippen molar-refractivity contribution in [3.05, 3.63) is 65.0 Å². The van der Waals surface area contributed by atoms with Gasteiger partial charge in [-0.3, -0.25) is 9.78 Å². The predicted molar refractivity (Wildman–Crippen MR) is 84.8 cm³/mol. The fourth-order valence-electron chi connectivity index (χ4n) is 3.11. The first-order chi connectivity index (χ1) is 11.8. The van der Waals surface area contributed by atoms with E-state index in [-0.39, 0.29) is 18.9 Å². The van der Waals surface area contributed by atoms with Crippen molar-refractivity contribution in [2.75, 3.05) is 6.54 Å². The van der Waals surface area contributed by atoms with Crippen LogP contribution in [0.5, 0.6) is 0 Å². The predicted octanol–water partition coefficient (Wildman–Crippen LogP) is 3.36. The van der Waals surface area contributed by atoms with E-state index < -0.39 is 23.9 Å². The van der Waals surface area contributed by atoms with Crippen molar-refractivity contribution in [3.63, 3.8) is 0 Å². The zero-order chi connectivity index (χ0) is 18.2. The Labute approximate surface area is 142 Å². The van der Waals surface area contributed by atoms with Gasteiger partial charge in [0, 0.05) is 18.9 Å². The van der Waals surface area contributed by atoms with Gasteiger partial charge in [0.2, 0.25) is 0 Å². The van der Waals surface area contributed by atoms with E-state index in [0.29, 0.717) is 11.1 Å². The molecule has 1 fully saturated rings. The number of aliphatic hydroxyl groups is 1. The van der Waals surface area contributed by atoms with Crippen LogP contribution < -0.4 is 0 Å². The second-order valence-electron chi connectivity index (χ2n) is 6.24. The number of amides is 1. The average Bonchev–Trinajstić information content (AvgIpc) is 2.95. The summed E-state index contributed by atoms with van der Waals surface area (Å²) in [5.74, 6) is -0.352. The van der Waals surface area contributed by atoms with Gasteiger partial charge in [0.15, 0.2) is 0 Å². The number of aromatic nitrogens is 1. The monoisotopic (exact) mass is 350 g/mol. The molecule has 1 aromatic carbocycles. The molecule has 1 aromatic heterocycles. The maximum Gasteiger partial charge on any atom is 0.416 e. The van der Waals surface area contributed by atoms with Gasteiger partial charge in [-0.05, 0) is 42.7 Å². The summed E-state index contributed by atoms with van der Waals surface area (Å²) >= 11 is 0. The van der Waals surface area contributed by atoms with Crippen molar-refractivity contribution < 1.29 is 23.1 Å². The molecule has 0 saturated carbocycles. The zero-order valence-electron chi connectivity index (χ0n) is 13.5. The number of alkyl halides is 3. The fourth-order valence-corrected chi connectivity index (χ4v) is 3.11. The van der Waals surface area contributed by atoms with Crippen molar-refractivity contribution in [1.29, 1.82) is 0 Å². The van der Waals surface area contributed by atoms with Crippen LogP contribution in [0, 0.1) is 6.92 Å². The number of rotatable bonds is 2. The quantitative estimate of drug-likeness (QED) is 0.904. The molecule has 0 bridgehead atoms. The Balaban J connectivity index is 1.94. The lowest BCUT2D eigenvalue weighted by molar-refractivity contribution is -0.137. The van der Waals surface area contributed by atoms with Gasteiger partial charge in [0.1, 0.15) is 0 Å². The highest BCUT2D eigenvalue weighted by Crippen LogP contribution is 2.36. The molecule has 7 heteroatoms. The van der Waals surface area contributed by atoms with Gasteiger partial charge in [0.25, 0.3) is 5.91 Å². The molecule has 0 unspecified atom stereocenters. The maximum absolute atomic E-state index is 13.0. The van der Waals surface area contributed by atoms with Gasteiger partial charge in [0.05, 0.1) is 23.3 Å². The maximum atomic E-state index is 13.0. The Morgan fingerprint density at radius 3 is 2.72 bits per heavy atom. The smallest absolute Gasteiger partial charge is 0.391 e. The molecular weight excluding hydrogens is 333 g/mol. The summed E-state index contributed by atoms with van der Waals surface area (Å²) in [7, 11) is 0. The highest BCUT2D eigenvalue weighted by molar-refractivity contribution is 5.94.